The molecule has 0 amide bonds. The molecular weight excluding hydrogens is 372 g/mol. The van der Waals surface area contributed by atoms with Crippen LogP contribution in [-0.2, 0) is 0 Å². The Balaban J connectivity index is 2.07. The first-order valence-electron chi connectivity index (χ1n) is 7.79. The fourth-order valence-electron chi connectivity index (χ4n) is 2.23. The predicted molar refractivity (Wildman–Crippen MR) is 97.6 cm³/mol. The third-order valence-electron chi connectivity index (χ3n) is 3.58. The number of nitrogens with two attached hydrogens (primary N) is 4. The first kappa shape index (κ1) is 20.1. The Bertz CT molecular complexity index is 883. The zero-order valence-electron chi connectivity index (χ0n) is 14.5. The summed E-state index contributed by atoms with van der Waals surface area (Å²) in [6.45, 7) is -0.210. The largest absolute Gasteiger partial charge is 0.483 e. The molecule has 0 radical (unpaired) electrons. The van der Waals surface area contributed by atoms with Gasteiger partial charge in [-0.1, -0.05) is 0 Å². The molecule has 0 bridgehead atoms. The summed E-state index contributed by atoms with van der Waals surface area (Å²) >= 11 is 0. The second-order valence-electron chi connectivity index (χ2n) is 5.49. The summed E-state index contributed by atoms with van der Waals surface area (Å²) in [4.78, 5) is 21.0. The van der Waals surface area contributed by atoms with Crippen LogP contribution in [0, 0.1) is 20.2 Å². The average Bonchev–Trinajstić information content (AvgIpc) is 2.64. The van der Waals surface area contributed by atoms with Crippen LogP contribution < -0.4 is 31.8 Å². The van der Waals surface area contributed by atoms with Gasteiger partial charge in [-0.15, -0.1) is 0 Å². The normalized spacial score (nSPS) is 10.1. The minimum atomic E-state index is -0.639. The van der Waals surface area contributed by atoms with Gasteiger partial charge < -0.3 is 9.47 Å². The van der Waals surface area contributed by atoms with Gasteiger partial charge in [0.25, 0.3) is 11.7 Å². The molecule has 28 heavy (non-hydrogen) atoms. The summed E-state index contributed by atoms with van der Waals surface area (Å²) < 4.78 is 10.7. The fourth-order valence-corrected chi connectivity index (χ4v) is 2.23. The van der Waals surface area contributed by atoms with E-state index in [1.54, 1.807) is 0 Å². The third kappa shape index (κ3) is 4.69. The highest BCUT2D eigenvalue weighted by Gasteiger charge is 2.20. The molecule has 0 aliphatic heterocycles. The van der Waals surface area contributed by atoms with Crippen LogP contribution in [0.1, 0.15) is 11.1 Å². The van der Waals surface area contributed by atoms with E-state index in [2.05, 4.69) is 0 Å². The van der Waals surface area contributed by atoms with Gasteiger partial charge in [-0.25, -0.2) is 0 Å². The molecule has 8 N–H and O–H groups in total. The predicted octanol–water partition coefficient (Wildman–Crippen LogP) is -2.11. The van der Waals surface area contributed by atoms with Crippen molar-refractivity contribution in [2.75, 3.05) is 13.2 Å². The highest BCUT2D eigenvalue weighted by molar-refractivity contribution is 5.94. The number of benzene rings is 2. The SMILES string of the molecule is NC(=[NH2+])c1ccc(OCCOc2ccc(C(N)=[NH2+])cc2[N+](=O)[O-])c([N+](=O)[O-])c1. The smallest absolute Gasteiger partial charge is 0.311 e. The van der Waals surface area contributed by atoms with Crippen molar-refractivity contribution in [3.8, 4) is 11.5 Å². The van der Waals surface area contributed by atoms with Crippen molar-refractivity contribution < 1.29 is 30.1 Å². The van der Waals surface area contributed by atoms with Crippen molar-refractivity contribution in [3.63, 3.8) is 0 Å². The number of amidine groups is 2. The van der Waals surface area contributed by atoms with E-state index in [9.17, 15) is 20.2 Å². The maximum atomic E-state index is 11.2. The molecule has 0 aromatic heterocycles. The molecule has 2 rings (SSSR count). The summed E-state index contributed by atoms with van der Waals surface area (Å²) in [5.74, 6) is -0.170. The van der Waals surface area contributed by atoms with Crippen molar-refractivity contribution in [1.82, 2.24) is 0 Å². The van der Waals surface area contributed by atoms with Gasteiger partial charge in [-0.05, 0) is 24.3 Å². The maximum Gasteiger partial charge on any atom is 0.311 e. The van der Waals surface area contributed by atoms with Gasteiger partial charge in [0.2, 0.25) is 0 Å². The van der Waals surface area contributed by atoms with Gasteiger partial charge >= 0.3 is 11.4 Å². The van der Waals surface area contributed by atoms with E-state index >= 15 is 0 Å². The zero-order chi connectivity index (χ0) is 20.8. The Kier molecular flexibility index (Phi) is 6.06. The number of rotatable bonds is 9. The lowest BCUT2D eigenvalue weighted by Crippen LogP contribution is -2.46. The van der Waals surface area contributed by atoms with Crippen LogP contribution in [0.15, 0.2) is 36.4 Å². The second-order valence-corrected chi connectivity index (χ2v) is 5.49. The molecule has 0 unspecified atom stereocenters. The lowest BCUT2D eigenvalue weighted by molar-refractivity contribution is -0.386. The number of nitrogens with zero attached hydrogens (tertiary/aromatic N) is 2. The van der Waals surface area contributed by atoms with E-state index in [0.29, 0.717) is 11.1 Å². The monoisotopic (exact) mass is 390 g/mol. The maximum absolute atomic E-state index is 11.2. The number of nitro benzene ring substituents is 2. The van der Waals surface area contributed by atoms with Crippen molar-refractivity contribution in [2.45, 2.75) is 0 Å². The molecular formula is C16H18N6O6+2. The minimum Gasteiger partial charge on any atom is -0.483 e. The fraction of sp³-hybridized carbons (Fsp3) is 0.125. The van der Waals surface area contributed by atoms with Gasteiger partial charge in [0.05, 0.1) is 21.0 Å². The average molecular weight is 390 g/mol. The van der Waals surface area contributed by atoms with E-state index in [1.807, 2.05) is 0 Å². The zero-order valence-corrected chi connectivity index (χ0v) is 14.5. The molecule has 0 atom stereocenters. The van der Waals surface area contributed by atoms with E-state index < -0.39 is 9.85 Å². The highest BCUT2D eigenvalue weighted by atomic mass is 16.6. The molecule has 0 heterocycles. The molecule has 0 saturated carbocycles. The first-order chi connectivity index (χ1) is 13.2. The highest BCUT2D eigenvalue weighted by Crippen LogP contribution is 2.29. The topological polar surface area (TPSA) is 208 Å². The first-order valence-corrected chi connectivity index (χ1v) is 7.79. The number of hydrogen-bond donors (Lipinski definition) is 4. The van der Waals surface area contributed by atoms with Crippen LogP contribution in [0.5, 0.6) is 11.5 Å². The Morgan fingerprint density at radius 3 is 1.46 bits per heavy atom. The van der Waals surface area contributed by atoms with E-state index in [-0.39, 0.29) is 47.8 Å². The van der Waals surface area contributed by atoms with Gasteiger partial charge in [-0.2, -0.15) is 0 Å². The molecule has 0 aliphatic carbocycles. The number of nitro groups is 2. The Labute approximate surface area is 158 Å². The summed E-state index contributed by atoms with van der Waals surface area (Å²) in [6, 6.07) is 8.01. The molecule has 12 heteroatoms. The van der Waals surface area contributed by atoms with Crippen LogP contribution >= 0.6 is 0 Å². The van der Waals surface area contributed by atoms with Crippen molar-refractivity contribution >= 4 is 23.0 Å². The van der Waals surface area contributed by atoms with Gasteiger partial charge in [0, 0.05) is 12.1 Å². The summed E-state index contributed by atoms with van der Waals surface area (Å²) in [7, 11) is 0. The molecule has 2 aromatic rings. The molecule has 0 saturated heterocycles. The Morgan fingerprint density at radius 1 is 0.821 bits per heavy atom. The molecule has 0 spiro atoms. The van der Waals surface area contributed by atoms with Crippen molar-refractivity contribution in [3.05, 3.63) is 67.8 Å². The quantitative estimate of drug-likeness (QED) is 0.122. The number of ether oxygens (including phenoxy) is 2. The third-order valence-corrected chi connectivity index (χ3v) is 3.58. The summed E-state index contributed by atoms with van der Waals surface area (Å²) in [5.41, 5.74) is 10.8. The lowest BCUT2D eigenvalue weighted by atomic mass is 10.1. The standard InChI is InChI=1S/C16H16N6O6/c17-15(18)9-1-3-13(11(7-9)21(23)24)27-5-6-28-14-4-2-10(16(19)20)8-12(14)22(25)26/h1-4,7-8H,5-6H2,(H3,17,18)(H3,19,20)/p+2. The van der Waals surface area contributed by atoms with E-state index in [0.717, 1.165) is 0 Å². The van der Waals surface area contributed by atoms with Crippen LogP contribution in [0.4, 0.5) is 11.4 Å². The molecule has 12 nitrogen and oxygen atoms in total. The summed E-state index contributed by atoms with van der Waals surface area (Å²) in [6.07, 6.45) is 0. The molecule has 146 valence electrons. The van der Waals surface area contributed by atoms with Gasteiger partial charge in [-0.3, -0.25) is 42.5 Å². The van der Waals surface area contributed by atoms with Crippen LogP contribution in [0.3, 0.4) is 0 Å². The van der Waals surface area contributed by atoms with E-state index in [4.69, 9.17) is 31.8 Å². The summed E-state index contributed by atoms with van der Waals surface area (Å²) in [5, 5.41) is 33.2. The molecule has 0 fully saturated rings. The minimum absolute atomic E-state index is 0.0195. The van der Waals surface area contributed by atoms with Crippen LogP contribution in [-0.4, -0.2) is 34.7 Å². The molecule has 0 aliphatic rings. The second kappa shape index (κ2) is 8.44. The van der Waals surface area contributed by atoms with E-state index in [1.165, 1.54) is 36.4 Å². The lowest BCUT2D eigenvalue weighted by Gasteiger charge is -2.09. The van der Waals surface area contributed by atoms with Crippen molar-refractivity contribution in [1.29, 1.82) is 0 Å². The Morgan fingerprint density at radius 2 is 1.18 bits per heavy atom. The van der Waals surface area contributed by atoms with Gasteiger partial charge in [0.15, 0.2) is 11.5 Å². The van der Waals surface area contributed by atoms with Gasteiger partial charge in [0.1, 0.15) is 13.2 Å². The molecule has 2 aromatic carbocycles. The number of hydrogen-bond acceptors (Lipinski definition) is 6. The van der Waals surface area contributed by atoms with Crippen molar-refractivity contribution in [2.24, 2.45) is 11.5 Å². The van der Waals surface area contributed by atoms with Crippen LogP contribution in [0.25, 0.3) is 0 Å². The van der Waals surface area contributed by atoms with Crippen LogP contribution in [0.2, 0.25) is 0 Å². The Hall–Kier alpha value is -4.22.